The van der Waals surface area contributed by atoms with Crippen molar-refractivity contribution in [3.63, 3.8) is 0 Å². The molecule has 1 N–H and O–H groups in total. The van der Waals surface area contributed by atoms with Gasteiger partial charge in [0.1, 0.15) is 16.6 Å². The zero-order valence-electron chi connectivity index (χ0n) is 23.3. The van der Waals surface area contributed by atoms with Gasteiger partial charge < -0.3 is 14.7 Å². The van der Waals surface area contributed by atoms with Crippen LogP contribution in [-0.2, 0) is 16.0 Å². The molecular formula is C31H38N2O5S2. The number of aliphatic carboxylic acids is 1. The van der Waals surface area contributed by atoms with Crippen molar-refractivity contribution >= 4 is 52.2 Å². The van der Waals surface area contributed by atoms with E-state index in [9.17, 15) is 14.4 Å². The Hall–Kier alpha value is -3.17. The second-order valence-electron chi connectivity index (χ2n) is 9.71. The molecule has 0 unspecified atom stereocenters. The van der Waals surface area contributed by atoms with Crippen LogP contribution >= 0.6 is 24.0 Å². The van der Waals surface area contributed by atoms with Crippen molar-refractivity contribution in [1.29, 1.82) is 0 Å². The third kappa shape index (κ3) is 9.20. The monoisotopic (exact) mass is 582 g/mol. The summed E-state index contributed by atoms with van der Waals surface area (Å²) >= 11 is 6.28. The fourth-order valence-electron chi connectivity index (χ4n) is 4.37. The smallest absolute Gasteiger partial charge is 0.323 e. The largest absolute Gasteiger partial charge is 0.492 e. The van der Waals surface area contributed by atoms with Gasteiger partial charge in [-0.3, -0.25) is 19.3 Å². The summed E-state index contributed by atoms with van der Waals surface area (Å²) in [6.07, 6.45) is 8.48. The van der Waals surface area contributed by atoms with Gasteiger partial charge in [0.2, 0.25) is 0 Å². The quantitative estimate of drug-likeness (QED) is 0.139. The lowest BCUT2D eigenvalue weighted by Gasteiger charge is -2.24. The Balaban J connectivity index is 1.89. The lowest BCUT2D eigenvalue weighted by molar-refractivity contribution is -0.140. The molecule has 0 atom stereocenters. The Bertz CT molecular complexity index is 1210. The number of carboxylic acids is 1. The summed E-state index contributed by atoms with van der Waals surface area (Å²) < 4.78 is 6.36. The molecule has 7 nitrogen and oxygen atoms in total. The van der Waals surface area contributed by atoms with E-state index in [0.717, 1.165) is 60.8 Å². The van der Waals surface area contributed by atoms with Gasteiger partial charge in [-0.15, -0.1) is 0 Å². The SMILES string of the molecule is CCCCCN(CCCCC)C(=O)c1cc(C=C2SC(=S)N(CC(=O)O)C2=O)ccc1OCCc1ccccc1. The van der Waals surface area contributed by atoms with Crippen LogP contribution < -0.4 is 4.74 Å². The highest BCUT2D eigenvalue weighted by atomic mass is 32.2. The second-order valence-corrected chi connectivity index (χ2v) is 11.4. The Kier molecular flexibility index (Phi) is 12.7. The number of rotatable bonds is 16. The molecule has 0 aliphatic carbocycles. The topological polar surface area (TPSA) is 87.2 Å². The van der Waals surface area contributed by atoms with Gasteiger partial charge >= 0.3 is 5.97 Å². The summed E-state index contributed by atoms with van der Waals surface area (Å²) in [6.45, 7) is 5.58. The van der Waals surface area contributed by atoms with Gasteiger partial charge in [0.05, 0.1) is 17.1 Å². The number of ether oxygens (including phenoxy) is 1. The second kappa shape index (κ2) is 16.2. The molecule has 2 amide bonds. The first-order chi connectivity index (χ1) is 19.3. The number of hydrogen-bond acceptors (Lipinski definition) is 6. The lowest BCUT2D eigenvalue weighted by Crippen LogP contribution is -2.33. The Morgan fingerprint density at radius 1 is 1.02 bits per heavy atom. The molecule has 0 spiro atoms. The molecule has 1 fully saturated rings. The average molecular weight is 583 g/mol. The van der Waals surface area contributed by atoms with E-state index in [1.807, 2.05) is 35.2 Å². The molecule has 0 aromatic heterocycles. The van der Waals surface area contributed by atoms with Crippen LogP contribution in [0.15, 0.2) is 53.4 Å². The summed E-state index contributed by atoms with van der Waals surface area (Å²) in [5, 5.41) is 9.13. The molecule has 1 aliphatic heterocycles. The highest BCUT2D eigenvalue weighted by molar-refractivity contribution is 8.26. The van der Waals surface area contributed by atoms with E-state index in [1.165, 1.54) is 0 Å². The van der Waals surface area contributed by atoms with Crippen molar-refractivity contribution in [2.24, 2.45) is 0 Å². The highest BCUT2D eigenvalue weighted by Crippen LogP contribution is 2.33. The highest BCUT2D eigenvalue weighted by Gasteiger charge is 2.33. The molecule has 2 aromatic rings. The number of unbranched alkanes of at least 4 members (excludes halogenated alkanes) is 4. The van der Waals surface area contributed by atoms with Gasteiger partial charge in [0, 0.05) is 19.5 Å². The number of hydrogen-bond donors (Lipinski definition) is 1. The van der Waals surface area contributed by atoms with Crippen LogP contribution in [0.2, 0.25) is 0 Å². The number of carboxylic acid groups (broad SMARTS) is 1. The average Bonchev–Trinajstić information content (AvgIpc) is 3.20. The molecule has 214 valence electrons. The molecule has 0 saturated carbocycles. The standard InChI is InChI=1S/C31H38N2O5S2/c1-3-5-10-17-32(18-11-6-4-2)29(36)25-20-24(21-27-30(37)33(22-28(34)35)31(39)40-27)14-15-26(25)38-19-16-23-12-8-7-9-13-23/h7-9,12-15,20-21H,3-6,10-11,16-19,22H2,1-2H3,(H,34,35). The van der Waals surface area contributed by atoms with E-state index in [1.54, 1.807) is 24.3 Å². The van der Waals surface area contributed by atoms with Crippen molar-refractivity contribution in [3.8, 4) is 5.75 Å². The number of nitrogens with zero attached hydrogens (tertiary/aromatic N) is 2. The zero-order valence-corrected chi connectivity index (χ0v) is 24.9. The third-order valence-electron chi connectivity index (χ3n) is 6.54. The first kappa shape index (κ1) is 31.4. The van der Waals surface area contributed by atoms with E-state index >= 15 is 0 Å². The molecule has 40 heavy (non-hydrogen) atoms. The maximum absolute atomic E-state index is 13.9. The summed E-state index contributed by atoms with van der Waals surface area (Å²) in [5.74, 6) is -1.16. The minimum Gasteiger partial charge on any atom is -0.492 e. The van der Waals surface area contributed by atoms with Crippen LogP contribution in [0, 0.1) is 0 Å². The van der Waals surface area contributed by atoms with E-state index in [4.69, 9.17) is 22.1 Å². The van der Waals surface area contributed by atoms with Crippen molar-refractivity contribution < 1.29 is 24.2 Å². The van der Waals surface area contributed by atoms with Crippen LogP contribution in [0.4, 0.5) is 0 Å². The predicted molar refractivity (Wildman–Crippen MR) is 165 cm³/mol. The van der Waals surface area contributed by atoms with Crippen LogP contribution in [0.25, 0.3) is 6.08 Å². The molecular weight excluding hydrogens is 544 g/mol. The predicted octanol–water partition coefficient (Wildman–Crippen LogP) is 6.42. The number of thioether (sulfide) groups is 1. The Morgan fingerprint density at radius 3 is 2.33 bits per heavy atom. The fourth-order valence-corrected chi connectivity index (χ4v) is 5.62. The number of amides is 2. The van der Waals surface area contributed by atoms with Crippen molar-refractivity contribution in [2.45, 2.75) is 58.8 Å². The molecule has 9 heteroatoms. The van der Waals surface area contributed by atoms with Gasteiger partial charge in [-0.25, -0.2) is 0 Å². The fraction of sp³-hybridized carbons (Fsp3) is 0.419. The van der Waals surface area contributed by atoms with Gasteiger partial charge in [-0.1, -0.05) is 99.9 Å². The summed E-state index contributed by atoms with van der Waals surface area (Å²) in [7, 11) is 0. The number of thiocarbonyl (C=S) groups is 1. The number of carbonyl (C=O) groups is 3. The molecule has 1 heterocycles. The van der Waals surface area contributed by atoms with Gasteiger partial charge in [-0.05, 0) is 42.2 Å². The minimum absolute atomic E-state index is 0.0874. The third-order valence-corrected chi connectivity index (χ3v) is 7.92. The first-order valence-electron chi connectivity index (χ1n) is 13.9. The lowest BCUT2D eigenvalue weighted by atomic mass is 10.1. The Morgan fingerprint density at radius 2 is 1.70 bits per heavy atom. The molecule has 2 aromatic carbocycles. The van der Waals surface area contributed by atoms with Crippen LogP contribution in [0.1, 0.15) is 73.9 Å². The molecule has 0 radical (unpaired) electrons. The normalized spacial score (nSPS) is 14.2. The Labute approximate surface area is 246 Å². The molecule has 0 bridgehead atoms. The van der Waals surface area contributed by atoms with Crippen LogP contribution in [0.5, 0.6) is 5.75 Å². The number of carbonyl (C=O) groups excluding carboxylic acids is 2. The molecule has 1 aliphatic rings. The van der Waals surface area contributed by atoms with E-state index in [0.29, 0.717) is 47.9 Å². The van der Waals surface area contributed by atoms with Crippen molar-refractivity contribution in [1.82, 2.24) is 9.80 Å². The first-order valence-corrected chi connectivity index (χ1v) is 15.1. The zero-order chi connectivity index (χ0) is 28.9. The molecule has 1 saturated heterocycles. The van der Waals surface area contributed by atoms with E-state index < -0.39 is 18.4 Å². The van der Waals surface area contributed by atoms with Crippen LogP contribution in [-0.4, -0.2) is 63.3 Å². The van der Waals surface area contributed by atoms with Crippen molar-refractivity contribution in [2.75, 3.05) is 26.2 Å². The van der Waals surface area contributed by atoms with E-state index in [2.05, 4.69) is 13.8 Å². The summed E-state index contributed by atoms with van der Waals surface area (Å²) in [6, 6.07) is 15.4. The number of benzene rings is 2. The minimum atomic E-state index is -1.13. The van der Waals surface area contributed by atoms with Gasteiger partial charge in [0.25, 0.3) is 11.8 Å². The molecule has 3 rings (SSSR count). The van der Waals surface area contributed by atoms with Gasteiger partial charge in [0.15, 0.2) is 0 Å². The maximum atomic E-state index is 13.9. The summed E-state index contributed by atoms with van der Waals surface area (Å²) in [5.41, 5.74) is 2.25. The maximum Gasteiger partial charge on any atom is 0.323 e. The van der Waals surface area contributed by atoms with E-state index in [-0.39, 0.29) is 10.2 Å². The van der Waals surface area contributed by atoms with Crippen molar-refractivity contribution in [3.05, 3.63) is 70.1 Å². The van der Waals surface area contributed by atoms with Gasteiger partial charge in [-0.2, -0.15) is 0 Å². The van der Waals surface area contributed by atoms with Crippen LogP contribution in [0.3, 0.4) is 0 Å². The summed E-state index contributed by atoms with van der Waals surface area (Å²) in [4.78, 5) is 41.2.